The van der Waals surface area contributed by atoms with E-state index in [1.807, 2.05) is 7.05 Å². The van der Waals surface area contributed by atoms with Crippen LogP contribution in [-0.2, 0) is 0 Å². The zero-order valence-corrected chi connectivity index (χ0v) is 13.4. The molecule has 21 heavy (non-hydrogen) atoms. The van der Waals surface area contributed by atoms with Crippen molar-refractivity contribution in [1.29, 1.82) is 0 Å². The molecule has 2 aliphatic rings. The maximum atomic E-state index is 4.77. The minimum Gasteiger partial charge on any atom is -0.373 e. The van der Waals surface area contributed by atoms with E-state index in [9.17, 15) is 0 Å². The number of nitrogens with one attached hydrogen (secondary N) is 2. The molecule has 1 aliphatic carbocycles. The zero-order chi connectivity index (χ0) is 14.8. The maximum absolute atomic E-state index is 4.77. The van der Waals surface area contributed by atoms with Gasteiger partial charge < -0.3 is 15.5 Å². The first kappa shape index (κ1) is 14.6. The summed E-state index contributed by atoms with van der Waals surface area (Å²) in [4.78, 5) is 11.8. The summed E-state index contributed by atoms with van der Waals surface area (Å²) < 4.78 is 0. The molecule has 2 heterocycles. The van der Waals surface area contributed by atoms with Gasteiger partial charge in [0.2, 0.25) is 0 Å². The lowest BCUT2D eigenvalue weighted by atomic mass is 9.98. The van der Waals surface area contributed by atoms with Gasteiger partial charge in [0.25, 0.3) is 0 Å². The molecular formula is C16H27N5. The second kappa shape index (κ2) is 6.18. The molecule has 2 fully saturated rings. The molecule has 5 heteroatoms. The summed E-state index contributed by atoms with van der Waals surface area (Å²) in [6, 6.07) is 0. The summed E-state index contributed by atoms with van der Waals surface area (Å²) in [5, 5.41) is 6.79. The Morgan fingerprint density at radius 2 is 1.95 bits per heavy atom. The smallest absolute Gasteiger partial charge is 0.136 e. The molecule has 5 nitrogen and oxygen atoms in total. The van der Waals surface area contributed by atoms with Crippen LogP contribution in [0.15, 0.2) is 0 Å². The third-order valence-electron chi connectivity index (χ3n) is 4.62. The van der Waals surface area contributed by atoms with Crippen LogP contribution in [0.2, 0.25) is 0 Å². The van der Waals surface area contributed by atoms with Crippen LogP contribution < -0.4 is 10.6 Å². The Morgan fingerprint density at radius 3 is 2.62 bits per heavy atom. The molecule has 1 atom stereocenters. The van der Waals surface area contributed by atoms with Gasteiger partial charge in [-0.2, -0.15) is 0 Å². The van der Waals surface area contributed by atoms with E-state index < -0.39 is 0 Å². The summed E-state index contributed by atoms with van der Waals surface area (Å²) in [5.74, 6) is 4.30. The van der Waals surface area contributed by atoms with Gasteiger partial charge in [0.1, 0.15) is 17.5 Å². The van der Waals surface area contributed by atoms with Crippen LogP contribution >= 0.6 is 0 Å². The lowest BCUT2D eigenvalue weighted by molar-refractivity contribution is 0.217. The Morgan fingerprint density at radius 1 is 1.19 bits per heavy atom. The topological polar surface area (TPSA) is 53.1 Å². The fourth-order valence-corrected chi connectivity index (χ4v) is 3.15. The monoisotopic (exact) mass is 289 g/mol. The Hall–Kier alpha value is -1.36. The van der Waals surface area contributed by atoms with Gasteiger partial charge in [-0.25, -0.2) is 9.97 Å². The van der Waals surface area contributed by atoms with Gasteiger partial charge in [-0.3, -0.25) is 0 Å². The molecule has 1 aliphatic heterocycles. The molecule has 3 rings (SSSR count). The van der Waals surface area contributed by atoms with Crippen LogP contribution in [0.1, 0.15) is 43.0 Å². The van der Waals surface area contributed by atoms with Crippen molar-refractivity contribution in [2.75, 3.05) is 44.4 Å². The predicted octanol–water partition coefficient (Wildman–Crippen LogP) is 2.46. The predicted molar refractivity (Wildman–Crippen MR) is 87.0 cm³/mol. The Bertz CT molecular complexity index is 498. The van der Waals surface area contributed by atoms with Gasteiger partial charge in [-0.15, -0.1) is 0 Å². The van der Waals surface area contributed by atoms with Gasteiger partial charge >= 0.3 is 0 Å². The molecule has 0 aromatic carbocycles. The van der Waals surface area contributed by atoms with E-state index in [-0.39, 0.29) is 0 Å². The van der Waals surface area contributed by atoms with Crippen molar-refractivity contribution in [2.45, 2.75) is 38.5 Å². The highest BCUT2D eigenvalue weighted by atomic mass is 15.1. The van der Waals surface area contributed by atoms with E-state index >= 15 is 0 Å². The van der Waals surface area contributed by atoms with Crippen molar-refractivity contribution in [3.63, 3.8) is 0 Å². The molecule has 1 aromatic rings. The SMILES string of the molecule is CNc1nc(C2CC2)nc(NCC2CCCN(C)C2)c1C. The minimum atomic E-state index is 0.582. The summed E-state index contributed by atoms with van der Waals surface area (Å²) in [6.45, 7) is 5.53. The number of hydrogen-bond donors (Lipinski definition) is 2. The average Bonchev–Trinajstić information content (AvgIpc) is 3.31. The van der Waals surface area contributed by atoms with Gasteiger partial charge in [-0.05, 0) is 52.1 Å². The number of nitrogens with zero attached hydrogens (tertiary/aromatic N) is 3. The quantitative estimate of drug-likeness (QED) is 0.872. The van der Waals surface area contributed by atoms with Crippen molar-refractivity contribution in [1.82, 2.24) is 14.9 Å². The highest BCUT2D eigenvalue weighted by Crippen LogP contribution is 2.39. The van der Waals surface area contributed by atoms with Crippen LogP contribution in [-0.4, -0.2) is 48.6 Å². The molecule has 1 aromatic heterocycles. The molecule has 2 N–H and O–H groups in total. The number of likely N-dealkylation sites (tertiary alicyclic amines) is 1. The fourth-order valence-electron chi connectivity index (χ4n) is 3.15. The third-order valence-corrected chi connectivity index (χ3v) is 4.62. The van der Waals surface area contributed by atoms with Crippen molar-refractivity contribution < 1.29 is 0 Å². The average molecular weight is 289 g/mol. The van der Waals surface area contributed by atoms with Crippen LogP contribution in [0.4, 0.5) is 11.6 Å². The summed E-state index contributed by atoms with van der Waals surface area (Å²) in [6.07, 6.45) is 5.09. The second-order valence-electron chi connectivity index (χ2n) is 6.58. The second-order valence-corrected chi connectivity index (χ2v) is 6.58. The number of rotatable bonds is 5. The largest absolute Gasteiger partial charge is 0.373 e. The number of anilines is 2. The van der Waals surface area contributed by atoms with Gasteiger partial charge in [0.15, 0.2) is 0 Å². The maximum Gasteiger partial charge on any atom is 0.136 e. The summed E-state index contributed by atoms with van der Waals surface area (Å²) in [5.41, 5.74) is 1.13. The molecule has 1 saturated heterocycles. The van der Waals surface area contributed by atoms with E-state index in [4.69, 9.17) is 4.98 Å². The molecule has 0 spiro atoms. The fraction of sp³-hybridized carbons (Fsp3) is 0.750. The first-order valence-corrected chi connectivity index (χ1v) is 8.16. The Kier molecular flexibility index (Phi) is 4.29. The summed E-state index contributed by atoms with van der Waals surface area (Å²) in [7, 11) is 4.15. The lowest BCUT2D eigenvalue weighted by Gasteiger charge is -2.30. The van der Waals surface area contributed by atoms with E-state index in [2.05, 4.69) is 34.5 Å². The standard InChI is InChI=1S/C16H27N5/c1-11-14(17-2)19-16(13-6-7-13)20-15(11)18-9-12-5-4-8-21(3)10-12/h12-13H,4-10H2,1-3H3,(H2,17,18,19,20). The molecule has 1 saturated carbocycles. The van der Waals surface area contributed by atoms with Gasteiger partial charge in [-0.1, -0.05) is 0 Å². The van der Waals surface area contributed by atoms with E-state index in [0.29, 0.717) is 5.92 Å². The van der Waals surface area contributed by atoms with Gasteiger partial charge in [0, 0.05) is 31.6 Å². The number of aromatic nitrogens is 2. The summed E-state index contributed by atoms with van der Waals surface area (Å²) >= 11 is 0. The first-order chi connectivity index (χ1) is 10.2. The van der Waals surface area contributed by atoms with Crippen LogP contribution in [0.25, 0.3) is 0 Å². The molecular weight excluding hydrogens is 262 g/mol. The Balaban J connectivity index is 1.70. The van der Waals surface area contributed by atoms with Crippen molar-refractivity contribution in [3.8, 4) is 0 Å². The minimum absolute atomic E-state index is 0.582. The number of piperidine rings is 1. The van der Waals surface area contributed by atoms with Crippen molar-refractivity contribution in [3.05, 3.63) is 11.4 Å². The van der Waals surface area contributed by atoms with Crippen molar-refractivity contribution >= 4 is 11.6 Å². The lowest BCUT2D eigenvalue weighted by Crippen LogP contribution is -2.35. The van der Waals surface area contributed by atoms with Crippen LogP contribution in [0.5, 0.6) is 0 Å². The van der Waals surface area contributed by atoms with E-state index in [1.54, 1.807) is 0 Å². The molecule has 0 bridgehead atoms. The molecule has 1 unspecified atom stereocenters. The third kappa shape index (κ3) is 3.46. The highest BCUT2D eigenvalue weighted by Gasteiger charge is 2.28. The molecule has 0 amide bonds. The zero-order valence-electron chi connectivity index (χ0n) is 13.4. The van der Waals surface area contributed by atoms with Crippen LogP contribution in [0, 0.1) is 12.8 Å². The van der Waals surface area contributed by atoms with Crippen LogP contribution in [0.3, 0.4) is 0 Å². The number of hydrogen-bond acceptors (Lipinski definition) is 5. The molecule has 0 radical (unpaired) electrons. The first-order valence-electron chi connectivity index (χ1n) is 8.16. The van der Waals surface area contributed by atoms with Gasteiger partial charge in [0.05, 0.1) is 0 Å². The van der Waals surface area contributed by atoms with Crippen molar-refractivity contribution in [2.24, 2.45) is 5.92 Å². The molecule has 116 valence electrons. The Labute approximate surface area is 127 Å². The normalized spacial score (nSPS) is 23.1. The van der Waals surface area contributed by atoms with E-state index in [1.165, 1.54) is 38.8 Å². The van der Waals surface area contributed by atoms with E-state index in [0.717, 1.165) is 35.5 Å². The highest BCUT2D eigenvalue weighted by molar-refractivity contribution is 5.57.